The summed E-state index contributed by atoms with van der Waals surface area (Å²) in [6.07, 6.45) is 6.33. The minimum Gasteiger partial charge on any atom is -0.382 e. The molecular weight excluding hydrogens is 224 g/mol. The summed E-state index contributed by atoms with van der Waals surface area (Å²) in [5.41, 5.74) is 6.87. The first-order valence-corrected chi connectivity index (χ1v) is 6.81. The molecule has 0 saturated heterocycles. The van der Waals surface area contributed by atoms with E-state index < -0.39 is 0 Å². The molecule has 1 aliphatic carbocycles. The first-order valence-electron chi connectivity index (χ1n) is 6.81. The number of hydrogen-bond acceptors (Lipinski definition) is 2. The molecule has 0 heterocycles. The van der Waals surface area contributed by atoms with E-state index in [0.29, 0.717) is 11.6 Å². The van der Waals surface area contributed by atoms with E-state index in [-0.39, 0.29) is 5.91 Å². The Kier molecular flexibility index (Phi) is 4.24. The predicted molar refractivity (Wildman–Crippen MR) is 74.6 cm³/mol. The molecule has 2 unspecified atom stereocenters. The lowest BCUT2D eigenvalue weighted by atomic mass is 10.0. The van der Waals surface area contributed by atoms with Gasteiger partial charge >= 0.3 is 0 Å². The number of benzene rings is 1. The van der Waals surface area contributed by atoms with E-state index in [1.165, 1.54) is 32.1 Å². The van der Waals surface area contributed by atoms with Gasteiger partial charge in [-0.2, -0.15) is 0 Å². The summed E-state index contributed by atoms with van der Waals surface area (Å²) in [5, 5.41) is 3.53. The maximum atomic E-state index is 11.1. The van der Waals surface area contributed by atoms with Crippen molar-refractivity contribution < 1.29 is 4.79 Å². The summed E-state index contributed by atoms with van der Waals surface area (Å²) in [6, 6.07) is 8.00. The van der Waals surface area contributed by atoms with Crippen LogP contribution in [0.25, 0.3) is 0 Å². The molecule has 1 aromatic carbocycles. The van der Waals surface area contributed by atoms with Gasteiger partial charge in [-0.25, -0.2) is 0 Å². The fraction of sp³-hybridized carbons (Fsp3) is 0.533. The van der Waals surface area contributed by atoms with E-state index >= 15 is 0 Å². The highest BCUT2D eigenvalue weighted by molar-refractivity contribution is 5.93. The van der Waals surface area contributed by atoms with E-state index in [2.05, 4.69) is 12.2 Å². The zero-order valence-corrected chi connectivity index (χ0v) is 11.0. The number of carbonyl (C=O) groups is 1. The molecule has 0 aliphatic heterocycles. The minimum atomic E-state index is -0.367. The van der Waals surface area contributed by atoms with Crippen molar-refractivity contribution in [2.45, 2.75) is 45.1 Å². The first kappa shape index (κ1) is 12.9. The molecule has 3 nitrogen and oxygen atoms in total. The number of hydrogen-bond donors (Lipinski definition) is 2. The number of primary amides is 1. The molecule has 1 fully saturated rings. The normalized spacial score (nSPS) is 24.3. The molecule has 0 spiro atoms. The highest BCUT2D eigenvalue weighted by Gasteiger charge is 2.16. The van der Waals surface area contributed by atoms with Crippen molar-refractivity contribution in [3.05, 3.63) is 29.8 Å². The van der Waals surface area contributed by atoms with Gasteiger partial charge in [0, 0.05) is 17.3 Å². The van der Waals surface area contributed by atoms with Gasteiger partial charge in [-0.05, 0) is 43.4 Å². The molecule has 1 amide bonds. The number of nitrogens with one attached hydrogen (secondary N) is 1. The van der Waals surface area contributed by atoms with Crippen LogP contribution in [0.1, 0.15) is 49.4 Å². The molecule has 1 saturated carbocycles. The van der Waals surface area contributed by atoms with Crippen LogP contribution in [0.15, 0.2) is 24.3 Å². The van der Waals surface area contributed by atoms with Gasteiger partial charge in [0.1, 0.15) is 0 Å². The second-order valence-electron chi connectivity index (χ2n) is 5.40. The summed E-state index contributed by atoms with van der Waals surface area (Å²) >= 11 is 0. The summed E-state index contributed by atoms with van der Waals surface area (Å²) < 4.78 is 0. The lowest BCUT2D eigenvalue weighted by Crippen LogP contribution is -2.19. The zero-order valence-electron chi connectivity index (χ0n) is 11.0. The standard InChI is InChI=1S/C15H22N2O/c1-11-4-2-6-13(9-8-11)17-14-7-3-5-12(10-14)15(16)18/h3,5,7,10-11,13,17H,2,4,6,8-9H2,1H3,(H2,16,18). The predicted octanol–water partition coefficient (Wildman–Crippen LogP) is 3.17. The number of amides is 1. The Morgan fingerprint density at radius 1 is 1.28 bits per heavy atom. The van der Waals surface area contributed by atoms with Crippen LogP contribution in [0.5, 0.6) is 0 Å². The Balaban J connectivity index is 2.00. The average molecular weight is 246 g/mol. The van der Waals surface area contributed by atoms with E-state index in [4.69, 9.17) is 5.73 Å². The fourth-order valence-corrected chi connectivity index (χ4v) is 2.63. The third kappa shape index (κ3) is 3.49. The molecule has 0 bridgehead atoms. The van der Waals surface area contributed by atoms with Crippen molar-refractivity contribution in [3.8, 4) is 0 Å². The van der Waals surface area contributed by atoms with Crippen molar-refractivity contribution in [1.82, 2.24) is 0 Å². The van der Waals surface area contributed by atoms with Crippen LogP contribution in [-0.4, -0.2) is 11.9 Å². The van der Waals surface area contributed by atoms with E-state index in [1.54, 1.807) is 6.07 Å². The number of nitrogens with two attached hydrogens (primary N) is 1. The lowest BCUT2D eigenvalue weighted by molar-refractivity contribution is 0.100. The molecule has 1 aliphatic rings. The molecular formula is C15H22N2O. The Morgan fingerprint density at radius 3 is 2.89 bits per heavy atom. The lowest BCUT2D eigenvalue weighted by Gasteiger charge is -2.18. The molecule has 0 radical (unpaired) electrons. The minimum absolute atomic E-state index is 0.367. The maximum absolute atomic E-state index is 11.1. The Hall–Kier alpha value is -1.51. The number of rotatable bonds is 3. The van der Waals surface area contributed by atoms with E-state index in [9.17, 15) is 4.79 Å². The second kappa shape index (κ2) is 5.89. The SMILES string of the molecule is CC1CCCC(Nc2cccc(C(N)=O)c2)CC1. The summed E-state index contributed by atoms with van der Waals surface area (Å²) in [6.45, 7) is 2.33. The molecule has 2 atom stereocenters. The van der Waals surface area contributed by atoms with Crippen LogP contribution in [0.4, 0.5) is 5.69 Å². The highest BCUT2D eigenvalue weighted by Crippen LogP contribution is 2.25. The van der Waals surface area contributed by atoms with Crippen LogP contribution < -0.4 is 11.1 Å². The maximum Gasteiger partial charge on any atom is 0.248 e. The van der Waals surface area contributed by atoms with Crippen LogP contribution >= 0.6 is 0 Å². The van der Waals surface area contributed by atoms with Crippen molar-refractivity contribution in [2.24, 2.45) is 11.7 Å². The van der Waals surface area contributed by atoms with Gasteiger partial charge in [-0.1, -0.05) is 25.8 Å². The quantitative estimate of drug-likeness (QED) is 0.805. The zero-order chi connectivity index (χ0) is 13.0. The van der Waals surface area contributed by atoms with E-state index in [1.807, 2.05) is 18.2 Å². The van der Waals surface area contributed by atoms with Crippen LogP contribution in [-0.2, 0) is 0 Å². The van der Waals surface area contributed by atoms with Gasteiger partial charge in [-0.3, -0.25) is 4.79 Å². The van der Waals surface area contributed by atoms with E-state index in [0.717, 1.165) is 11.6 Å². The topological polar surface area (TPSA) is 55.1 Å². The highest BCUT2D eigenvalue weighted by atomic mass is 16.1. The Labute approximate surface area is 109 Å². The van der Waals surface area contributed by atoms with Crippen molar-refractivity contribution in [3.63, 3.8) is 0 Å². The third-order valence-electron chi connectivity index (χ3n) is 3.78. The van der Waals surface area contributed by atoms with Gasteiger partial charge in [0.2, 0.25) is 5.91 Å². The third-order valence-corrected chi connectivity index (χ3v) is 3.78. The fourth-order valence-electron chi connectivity index (χ4n) is 2.63. The largest absolute Gasteiger partial charge is 0.382 e. The molecule has 3 heteroatoms. The van der Waals surface area contributed by atoms with Crippen LogP contribution in [0.3, 0.4) is 0 Å². The first-order chi connectivity index (χ1) is 8.65. The van der Waals surface area contributed by atoms with Crippen LogP contribution in [0, 0.1) is 5.92 Å². The number of anilines is 1. The molecule has 2 rings (SSSR count). The number of carbonyl (C=O) groups excluding carboxylic acids is 1. The van der Waals surface area contributed by atoms with Gasteiger partial charge in [0.15, 0.2) is 0 Å². The molecule has 3 N–H and O–H groups in total. The molecule has 1 aromatic rings. The van der Waals surface area contributed by atoms with Gasteiger partial charge < -0.3 is 11.1 Å². The Bertz CT molecular complexity index is 417. The van der Waals surface area contributed by atoms with Crippen molar-refractivity contribution in [2.75, 3.05) is 5.32 Å². The second-order valence-corrected chi connectivity index (χ2v) is 5.40. The van der Waals surface area contributed by atoms with Crippen molar-refractivity contribution in [1.29, 1.82) is 0 Å². The van der Waals surface area contributed by atoms with Gasteiger partial charge in [-0.15, -0.1) is 0 Å². The van der Waals surface area contributed by atoms with Gasteiger partial charge in [0.05, 0.1) is 0 Å². The summed E-state index contributed by atoms with van der Waals surface area (Å²) in [5.74, 6) is 0.474. The van der Waals surface area contributed by atoms with Crippen molar-refractivity contribution >= 4 is 11.6 Å². The van der Waals surface area contributed by atoms with Crippen LogP contribution in [0.2, 0.25) is 0 Å². The Morgan fingerprint density at radius 2 is 2.11 bits per heavy atom. The molecule has 18 heavy (non-hydrogen) atoms. The summed E-state index contributed by atoms with van der Waals surface area (Å²) in [4.78, 5) is 11.1. The molecule has 98 valence electrons. The smallest absolute Gasteiger partial charge is 0.248 e. The van der Waals surface area contributed by atoms with Gasteiger partial charge in [0.25, 0.3) is 0 Å². The average Bonchev–Trinajstić information content (AvgIpc) is 2.55. The molecule has 0 aromatic heterocycles. The monoisotopic (exact) mass is 246 g/mol. The summed E-state index contributed by atoms with van der Waals surface area (Å²) in [7, 11) is 0.